The van der Waals surface area contributed by atoms with E-state index >= 15 is 0 Å². The molecule has 2 nitrogen and oxygen atoms in total. The summed E-state index contributed by atoms with van der Waals surface area (Å²) in [5, 5.41) is 0.709. The first-order valence-corrected chi connectivity index (χ1v) is 8.20. The highest BCUT2D eigenvalue weighted by molar-refractivity contribution is 9.10. The van der Waals surface area contributed by atoms with Gasteiger partial charge in [0, 0.05) is 23.8 Å². The Labute approximate surface area is 140 Å². The SMILES string of the molecule is CCc1ccc(N(C)C(CN)c2ccc(Br)c(Cl)c2)cc1. The summed E-state index contributed by atoms with van der Waals surface area (Å²) in [5.74, 6) is 0. The number of nitrogens with zero attached hydrogens (tertiary/aromatic N) is 1. The predicted octanol–water partition coefficient (Wildman–Crippen LogP) is 4.80. The molecular formula is C17H20BrClN2. The van der Waals surface area contributed by atoms with E-state index in [9.17, 15) is 0 Å². The first kappa shape index (κ1) is 16.3. The molecule has 0 aliphatic rings. The molecule has 0 spiro atoms. The molecule has 0 aliphatic carbocycles. The van der Waals surface area contributed by atoms with Crippen molar-refractivity contribution >= 4 is 33.2 Å². The predicted molar refractivity (Wildman–Crippen MR) is 95.2 cm³/mol. The molecule has 4 heteroatoms. The Balaban J connectivity index is 2.28. The van der Waals surface area contributed by atoms with Gasteiger partial charge >= 0.3 is 0 Å². The van der Waals surface area contributed by atoms with Crippen LogP contribution in [0.3, 0.4) is 0 Å². The van der Waals surface area contributed by atoms with Crippen molar-refractivity contribution in [1.29, 1.82) is 0 Å². The number of hydrogen-bond donors (Lipinski definition) is 1. The molecule has 0 aliphatic heterocycles. The van der Waals surface area contributed by atoms with Gasteiger partial charge in [-0.25, -0.2) is 0 Å². The van der Waals surface area contributed by atoms with Gasteiger partial charge in [0.15, 0.2) is 0 Å². The Morgan fingerprint density at radius 2 is 1.86 bits per heavy atom. The molecule has 0 heterocycles. The molecule has 1 atom stereocenters. The van der Waals surface area contributed by atoms with Crippen molar-refractivity contribution in [2.75, 3.05) is 18.5 Å². The third-order valence-corrected chi connectivity index (χ3v) is 5.00. The van der Waals surface area contributed by atoms with Crippen molar-refractivity contribution in [2.24, 2.45) is 5.73 Å². The molecule has 0 saturated carbocycles. The van der Waals surface area contributed by atoms with E-state index in [4.69, 9.17) is 17.3 Å². The van der Waals surface area contributed by atoms with E-state index in [0.29, 0.717) is 11.6 Å². The second-order valence-corrected chi connectivity index (χ2v) is 6.32. The fourth-order valence-corrected chi connectivity index (χ4v) is 2.82. The largest absolute Gasteiger partial charge is 0.366 e. The molecule has 0 radical (unpaired) electrons. The Bertz CT molecular complexity index is 598. The van der Waals surface area contributed by atoms with Gasteiger partial charge in [0.25, 0.3) is 0 Å². The zero-order valence-corrected chi connectivity index (χ0v) is 14.7. The molecule has 2 aromatic carbocycles. The van der Waals surface area contributed by atoms with Crippen molar-refractivity contribution < 1.29 is 0 Å². The van der Waals surface area contributed by atoms with E-state index in [-0.39, 0.29) is 6.04 Å². The zero-order valence-electron chi connectivity index (χ0n) is 12.3. The van der Waals surface area contributed by atoms with Gasteiger partial charge in [-0.2, -0.15) is 0 Å². The minimum Gasteiger partial charge on any atom is -0.366 e. The van der Waals surface area contributed by atoms with Crippen LogP contribution in [0.5, 0.6) is 0 Å². The Morgan fingerprint density at radius 1 is 1.19 bits per heavy atom. The van der Waals surface area contributed by atoms with Gasteiger partial charge in [-0.3, -0.25) is 0 Å². The fraction of sp³-hybridized carbons (Fsp3) is 0.294. The van der Waals surface area contributed by atoms with E-state index in [1.165, 1.54) is 5.56 Å². The van der Waals surface area contributed by atoms with Crippen molar-refractivity contribution in [3.63, 3.8) is 0 Å². The molecular weight excluding hydrogens is 348 g/mol. The lowest BCUT2D eigenvalue weighted by Crippen LogP contribution is -2.30. The number of nitrogens with two attached hydrogens (primary N) is 1. The normalized spacial score (nSPS) is 12.2. The van der Waals surface area contributed by atoms with Gasteiger partial charge in [0.1, 0.15) is 0 Å². The highest BCUT2D eigenvalue weighted by Crippen LogP contribution is 2.30. The lowest BCUT2D eigenvalue weighted by Gasteiger charge is -2.30. The molecule has 2 rings (SSSR count). The van der Waals surface area contributed by atoms with E-state index in [1.807, 2.05) is 12.1 Å². The highest BCUT2D eigenvalue weighted by Gasteiger charge is 2.17. The molecule has 21 heavy (non-hydrogen) atoms. The number of halogens is 2. The Morgan fingerprint density at radius 3 is 2.38 bits per heavy atom. The summed E-state index contributed by atoms with van der Waals surface area (Å²) in [5.41, 5.74) is 9.60. The van der Waals surface area contributed by atoms with Gasteiger partial charge in [-0.15, -0.1) is 0 Å². The summed E-state index contributed by atoms with van der Waals surface area (Å²) in [7, 11) is 2.06. The summed E-state index contributed by atoms with van der Waals surface area (Å²) in [6.07, 6.45) is 1.05. The van der Waals surface area contributed by atoms with Crippen LogP contribution in [0.4, 0.5) is 5.69 Å². The van der Waals surface area contributed by atoms with Crippen molar-refractivity contribution in [3.8, 4) is 0 Å². The fourth-order valence-electron chi connectivity index (χ4n) is 2.38. The summed E-state index contributed by atoms with van der Waals surface area (Å²) < 4.78 is 0.902. The summed E-state index contributed by atoms with van der Waals surface area (Å²) >= 11 is 9.62. The average molecular weight is 368 g/mol. The van der Waals surface area contributed by atoms with Gasteiger partial charge in [0.2, 0.25) is 0 Å². The van der Waals surface area contributed by atoms with Crippen LogP contribution in [0, 0.1) is 0 Å². The Hall–Kier alpha value is -1.03. The van der Waals surface area contributed by atoms with Crippen LogP contribution in [0.1, 0.15) is 24.1 Å². The molecule has 2 N–H and O–H groups in total. The lowest BCUT2D eigenvalue weighted by molar-refractivity contribution is 0.680. The van der Waals surface area contributed by atoms with E-state index in [1.54, 1.807) is 0 Å². The number of anilines is 1. The van der Waals surface area contributed by atoms with Crippen molar-refractivity contribution in [1.82, 2.24) is 0 Å². The first-order chi connectivity index (χ1) is 10.1. The molecule has 0 amide bonds. The van der Waals surface area contributed by atoms with Crippen LogP contribution in [0.15, 0.2) is 46.9 Å². The molecule has 2 aromatic rings. The molecule has 0 fully saturated rings. The van der Waals surface area contributed by atoms with E-state index in [2.05, 4.69) is 65.1 Å². The third kappa shape index (κ3) is 3.79. The smallest absolute Gasteiger partial charge is 0.0662 e. The van der Waals surface area contributed by atoms with E-state index < -0.39 is 0 Å². The minimum absolute atomic E-state index is 0.100. The molecule has 112 valence electrons. The van der Waals surface area contributed by atoms with Crippen LogP contribution in [-0.4, -0.2) is 13.6 Å². The second kappa shape index (κ2) is 7.30. The van der Waals surface area contributed by atoms with Gasteiger partial charge < -0.3 is 10.6 Å². The molecule has 0 saturated heterocycles. The third-order valence-electron chi connectivity index (χ3n) is 3.77. The standard InChI is InChI=1S/C17H20BrClN2/c1-3-12-4-7-14(8-5-12)21(2)17(11-20)13-6-9-15(18)16(19)10-13/h4-10,17H,3,11,20H2,1-2H3. The zero-order chi connectivity index (χ0) is 15.4. The first-order valence-electron chi connectivity index (χ1n) is 7.03. The van der Waals surface area contributed by atoms with Crippen molar-refractivity contribution in [2.45, 2.75) is 19.4 Å². The van der Waals surface area contributed by atoms with E-state index in [0.717, 1.165) is 22.1 Å². The topological polar surface area (TPSA) is 29.3 Å². The molecule has 0 aromatic heterocycles. The number of hydrogen-bond acceptors (Lipinski definition) is 2. The maximum Gasteiger partial charge on any atom is 0.0662 e. The lowest BCUT2D eigenvalue weighted by atomic mass is 10.0. The molecule has 1 unspecified atom stereocenters. The van der Waals surface area contributed by atoms with Crippen LogP contribution in [-0.2, 0) is 6.42 Å². The molecule has 0 bridgehead atoms. The quantitative estimate of drug-likeness (QED) is 0.822. The summed E-state index contributed by atoms with van der Waals surface area (Å²) in [4.78, 5) is 2.19. The number of likely N-dealkylation sites (N-methyl/N-ethyl adjacent to an activating group) is 1. The monoisotopic (exact) mass is 366 g/mol. The Kier molecular flexibility index (Phi) is 5.68. The average Bonchev–Trinajstić information content (AvgIpc) is 2.51. The summed E-state index contributed by atoms with van der Waals surface area (Å²) in [6.45, 7) is 2.69. The summed E-state index contributed by atoms with van der Waals surface area (Å²) in [6, 6.07) is 14.7. The number of benzene rings is 2. The maximum absolute atomic E-state index is 6.20. The van der Waals surface area contributed by atoms with Gasteiger partial charge in [-0.1, -0.05) is 36.7 Å². The van der Waals surface area contributed by atoms with Crippen LogP contribution in [0.2, 0.25) is 5.02 Å². The minimum atomic E-state index is 0.100. The van der Waals surface area contributed by atoms with Crippen LogP contribution in [0.25, 0.3) is 0 Å². The number of rotatable bonds is 5. The van der Waals surface area contributed by atoms with Gasteiger partial charge in [0.05, 0.1) is 11.1 Å². The van der Waals surface area contributed by atoms with Crippen LogP contribution >= 0.6 is 27.5 Å². The van der Waals surface area contributed by atoms with Crippen LogP contribution < -0.4 is 10.6 Å². The maximum atomic E-state index is 6.20. The van der Waals surface area contributed by atoms with Crippen molar-refractivity contribution in [3.05, 3.63) is 63.1 Å². The second-order valence-electron chi connectivity index (χ2n) is 5.06. The number of aryl methyl sites for hydroxylation is 1. The highest BCUT2D eigenvalue weighted by atomic mass is 79.9. The van der Waals surface area contributed by atoms with Gasteiger partial charge in [-0.05, 0) is 57.7 Å².